The quantitative estimate of drug-likeness (QED) is 0.723. The second kappa shape index (κ2) is 3.69. The van der Waals surface area contributed by atoms with Gasteiger partial charge in [0.15, 0.2) is 5.13 Å². The molecular formula is C7H12N2OS. The number of anilines is 1. The number of aromatic nitrogens is 1. The Labute approximate surface area is 70.1 Å². The third-order valence-corrected chi connectivity index (χ3v) is 2.21. The van der Waals surface area contributed by atoms with Gasteiger partial charge in [-0.05, 0) is 13.8 Å². The number of hydrogen-bond donors (Lipinski definition) is 2. The zero-order valence-electron chi connectivity index (χ0n) is 6.61. The number of nitrogens with one attached hydrogen (secondary N) is 1. The topological polar surface area (TPSA) is 45.1 Å². The average molecular weight is 172 g/mol. The molecule has 0 fully saturated rings. The molecule has 1 aromatic heterocycles. The van der Waals surface area contributed by atoms with Crippen molar-refractivity contribution >= 4 is 16.5 Å². The van der Waals surface area contributed by atoms with Gasteiger partial charge in [-0.3, -0.25) is 0 Å². The van der Waals surface area contributed by atoms with Crippen LogP contribution in [0.3, 0.4) is 0 Å². The first-order valence-corrected chi connectivity index (χ1v) is 4.42. The predicted molar refractivity (Wildman–Crippen MR) is 46.9 cm³/mol. The summed E-state index contributed by atoms with van der Waals surface area (Å²) in [7, 11) is 0. The molecule has 2 N–H and O–H groups in total. The Bertz CT molecular complexity index is 198. The van der Waals surface area contributed by atoms with Crippen molar-refractivity contribution < 1.29 is 5.11 Å². The largest absolute Gasteiger partial charge is 0.391 e. The fraction of sp³-hybridized carbons (Fsp3) is 0.571. The lowest BCUT2D eigenvalue weighted by Gasteiger charge is -2.14. The van der Waals surface area contributed by atoms with E-state index in [9.17, 15) is 0 Å². The third-order valence-electron chi connectivity index (χ3n) is 1.51. The molecule has 1 aromatic rings. The first-order valence-electron chi connectivity index (χ1n) is 3.54. The molecule has 2 unspecified atom stereocenters. The Morgan fingerprint density at radius 2 is 2.36 bits per heavy atom. The number of hydrogen-bond acceptors (Lipinski definition) is 4. The molecular weight excluding hydrogens is 160 g/mol. The summed E-state index contributed by atoms with van der Waals surface area (Å²) >= 11 is 1.54. The summed E-state index contributed by atoms with van der Waals surface area (Å²) in [4.78, 5) is 4.03. The van der Waals surface area contributed by atoms with E-state index in [0.717, 1.165) is 5.13 Å². The van der Waals surface area contributed by atoms with Crippen molar-refractivity contribution in [3.05, 3.63) is 11.6 Å². The van der Waals surface area contributed by atoms with Crippen molar-refractivity contribution in [2.45, 2.75) is 26.0 Å². The molecule has 0 spiro atoms. The summed E-state index contributed by atoms with van der Waals surface area (Å²) in [5, 5.41) is 15.0. The summed E-state index contributed by atoms with van der Waals surface area (Å²) in [5.74, 6) is 0. The summed E-state index contributed by atoms with van der Waals surface area (Å²) in [6, 6.07) is 0.0566. The smallest absolute Gasteiger partial charge is 0.182 e. The van der Waals surface area contributed by atoms with Crippen LogP contribution >= 0.6 is 11.3 Å². The van der Waals surface area contributed by atoms with Crippen LogP contribution in [0.4, 0.5) is 5.13 Å². The van der Waals surface area contributed by atoms with Crippen LogP contribution in [0.15, 0.2) is 11.6 Å². The molecule has 0 saturated carbocycles. The molecule has 0 aliphatic carbocycles. The van der Waals surface area contributed by atoms with Crippen molar-refractivity contribution in [1.82, 2.24) is 4.98 Å². The highest BCUT2D eigenvalue weighted by Crippen LogP contribution is 2.12. The lowest BCUT2D eigenvalue weighted by atomic mass is 10.2. The van der Waals surface area contributed by atoms with E-state index in [2.05, 4.69) is 10.3 Å². The van der Waals surface area contributed by atoms with Gasteiger partial charge in [0.2, 0.25) is 0 Å². The Balaban J connectivity index is 2.43. The van der Waals surface area contributed by atoms with Crippen LogP contribution in [0.25, 0.3) is 0 Å². The zero-order valence-corrected chi connectivity index (χ0v) is 7.43. The van der Waals surface area contributed by atoms with E-state index in [1.807, 2.05) is 12.3 Å². The summed E-state index contributed by atoms with van der Waals surface area (Å²) in [6.07, 6.45) is 1.39. The predicted octanol–water partition coefficient (Wildman–Crippen LogP) is 1.32. The standard InChI is InChI=1S/C7H12N2OS/c1-5(6(2)10)9-7-8-3-4-11-7/h3-6,10H,1-2H3,(H,8,9). The molecule has 0 radical (unpaired) electrons. The molecule has 3 nitrogen and oxygen atoms in total. The van der Waals surface area contributed by atoms with Crippen LogP contribution in [-0.4, -0.2) is 22.2 Å². The van der Waals surface area contributed by atoms with E-state index in [0.29, 0.717) is 0 Å². The molecule has 4 heteroatoms. The van der Waals surface area contributed by atoms with Gasteiger partial charge >= 0.3 is 0 Å². The van der Waals surface area contributed by atoms with E-state index in [1.54, 1.807) is 13.1 Å². The number of rotatable bonds is 3. The van der Waals surface area contributed by atoms with Crippen LogP contribution in [0.2, 0.25) is 0 Å². The van der Waals surface area contributed by atoms with Crippen LogP contribution in [0.5, 0.6) is 0 Å². The van der Waals surface area contributed by atoms with Gasteiger partial charge in [-0.2, -0.15) is 0 Å². The maximum absolute atomic E-state index is 9.13. The normalized spacial score (nSPS) is 15.9. The van der Waals surface area contributed by atoms with Gasteiger partial charge in [0, 0.05) is 11.6 Å². The van der Waals surface area contributed by atoms with Crippen molar-refractivity contribution in [3.8, 4) is 0 Å². The lowest BCUT2D eigenvalue weighted by Crippen LogP contribution is -2.27. The molecule has 0 saturated heterocycles. The van der Waals surface area contributed by atoms with E-state index in [-0.39, 0.29) is 12.1 Å². The molecule has 1 heterocycles. The van der Waals surface area contributed by atoms with Crippen LogP contribution in [0, 0.1) is 0 Å². The van der Waals surface area contributed by atoms with E-state index < -0.39 is 0 Å². The van der Waals surface area contributed by atoms with Gasteiger partial charge in [-0.1, -0.05) is 0 Å². The van der Waals surface area contributed by atoms with Crippen molar-refractivity contribution in [1.29, 1.82) is 0 Å². The molecule has 2 atom stereocenters. The Hall–Kier alpha value is -0.610. The molecule has 0 aliphatic heterocycles. The fourth-order valence-corrected chi connectivity index (χ4v) is 1.24. The van der Waals surface area contributed by atoms with Crippen LogP contribution in [-0.2, 0) is 0 Å². The monoisotopic (exact) mass is 172 g/mol. The maximum Gasteiger partial charge on any atom is 0.182 e. The van der Waals surface area contributed by atoms with Crippen molar-refractivity contribution in [2.75, 3.05) is 5.32 Å². The molecule has 1 rings (SSSR count). The van der Waals surface area contributed by atoms with Crippen molar-refractivity contribution in [2.24, 2.45) is 0 Å². The minimum Gasteiger partial charge on any atom is -0.391 e. The van der Waals surface area contributed by atoms with Crippen molar-refractivity contribution in [3.63, 3.8) is 0 Å². The first-order chi connectivity index (χ1) is 5.20. The van der Waals surface area contributed by atoms with E-state index in [4.69, 9.17) is 5.11 Å². The number of thiazole rings is 1. The summed E-state index contributed by atoms with van der Waals surface area (Å²) in [5.41, 5.74) is 0. The number of aliphatic hydroxyl groups excluding tert-OH is 1. The number of nitrogens with zero attached hydrogens (tertiary/aromatic N) is 1. The van der Waals surface area contributed by atoms with Crippen LogP contribution in [0.1, 0.15) is 13.8 Å². The van der Waals surface area contributed by atoms with Gasteiger partial charge in [0.25, 0.3) is 0 Å². The highest BCUT2D eigenvalue weighted by atomic mass is 32.1. The zero-order chi connectivity index (χ0) is 8.27. The molecule has 0 aromatic carbocycles. The van der Waals surface area contributed by atoms with E-state index in [1.165, 1.54) is 11.3 Å². The summed E-state index contributed by atoms with van der Waals surface area (Å²) < 4.78 is 0. The molecule has 0 amide bonds. The molecule has 0 aliphatic rings. The lowest BCUT2D eigenvalue weighted by molar-refractivity contribution is 0.178. The van der Waals surface area contributed by atoms with Crippen LogP contribution < -0.4 is 5.32 Å². The molecule has 0 bridgehead atoms. The Morgan fingerprint density at radius 3 is 2.82 bits per heavy atom. The molecule has 11 heavy (non-hydrogen) atoms. The minimum atomic E-state index is -0.348. The molecule has 62 valence electrons. The van der Waals surface area contributed by atoms with Gasteiger partial charge in [-0.15, -0.1) is 11.3 Å². The fourth-order valence-electron chi connectivity index (χ4n) is 0.610. The highest BCUT2D eigenvalue weighted by Gasteiger charge is 2.08. The third kappa shape index (κ3) is 2.48. The number of aliphatic hydroxyl groups is 1. The Morgan fingerprint density at radius 1 is 1.64 bits per heavy atom. The maximum atomic E-state index is 9.13. The Kier molecular flexibility index (Phi) is 2.84. The minimum absolute atomic E-state index is 0.0566. The second-order valence-corrected chi connectivity index (χ2v) is 3.41. The average Bonchev–Trinajstić information content (AvgIpc) is 2.39. The SMILES string of the molecule is CC(O)C(C)Nc1nccs1. The first kappa shape index (κ1) is 8.49. The van der Waals surface area contributed by atoms with Gasteiger partial charge < -0.3 is 10.4 Å². The highest BCUT2D eigenvalue weighted by molar-refractivity contribution is 7.13. The van der Waals surface area contributed by atoms with Gasteiger partial charge in [-0.25, -0.2) is 4.98 Å². The van der Waals surface area contributed by atoms with Gasteiger partial charge in [0.1, 0.15) is 0 Å². The van der Waals surface area contributed by atoms with E-state index >= 15 is 0 Å². The second-order valence-electron chi connectivity index (χ2n) is 2.51. The van der Waals surface area contributed by atoms with Gasteiger partial charge in [0.05, 0.1) is 12.1 Å². The summed E-state index contributed by atoms with van der Waals surface area (Å²) in [6.45, 7) is 3.68.